The zero-order valence-electron chi connectivity index (χ0n) is 25.9. The monoisotopic (exact) mass is 616 g/mol. The first-order valence-corrected chi connectivity index (χ1v) is 16.2. The van der Waals surface area contributed by atoms with Gasteiger partial charge in [0.15, 0.2) is 11.2 Å². The lowest BCUT2D eigenvalue weighted by molar-refractivity contribution is 0.653. The van der Waals surface area contributed by atoms with E-state index in [1.54, 1.807) is 0 Å². The molecule has 3 aromatic heterocycles. The van der Waals surface area contributed by atoms with Crippen molar-refractivity contribution in [2.75, 3.05) is 4.90 Å². The number of hydrogen-bond donors (Lipinski definition) is 0. The Morgan fingerprint density at radius 1 is 0.375 bits per heavy atom. The van der Waals surface area contributed by atoms with Gasteiger partial charge in [0, 0.05) is 39.6 Å². The zero-order valence-corrected chi connectivity index (χ0v) is 25.9. The first-order valence-electron chi connectivity index (χ1n) is 16.2. The minimum atomic E-state index is 0.784. The van der Waals surface area contributed by atoms with Crippen LogP contribution in [0.3, 0.4) is 0 Å². The van der Waals surface area contributed by atoms with Crippen molar-refractivity contribution in [3.05, 3.63) is 170 Å². The molecule has 4 nitrogen and oxygen atoms in total. The summed E-state index contributed by atoms with van der Waals surface area (Å²) >= 11 is 0. The van der Waals surface area contributed by atoms with Gasteiger partial charge >= 0.3 is 0 Å². The van der Waals surface area contributed by atoms with Crippen molar-refractivity contribution in [1.82, 2.24) is 4.57 Å². The van der Waals surface area contributed by atoms with E-state index in [0.29, 0.717) is 0 Å². The Labute approximate surface area is 276 Å². The molecule has 0 unspecified atom stereocenters. The van der Waals surface area contributed by atoms with E-state index in [2.05, 4.69) is 155 Å². The predicted octanol–water partition coefficient (Wildman–Crippen LogP) is 12.6. The van der Waals surface area contributed by atoms with Crippen LogP contribution in [0, 0.1) is 0 Å². The summed E-state index contributed by atoms with van der Waals surface area (Å²) in [5.74, 6) is 0. The Bertz CT molecular complexity index is 2770. The number of furan rings is 2. The van der Waals surface area contributed by atoms with E-state index in [1.165, 1.54) is 32.9 Å². The van der Waals surface area contributed by atoms with Crippen LogP contribution >= 0.6 is 0 Å². The number of benzene rings is 7. The van der Waals surface area contributed by atoms with Crippen molar-refractivity contribution in [1.29, 1.82) is 0 Å². The lowest BCUT2D eigenvalue weighted by Gasteiger charge is -2.26. The van der Waals surface area contributed by atoms with Gasteiger partial charge in [0.2, 0.25) is 0 Å². The summed E-state index contributed by atoms with van der Waals surface area (Å²) in [6.45, 7) is 0. The van der Waals surface area contributed by atoms with Crippen LogP contribution in [0.1, 0.15) is 0 Å². The number of rotatable bonds is 5. The summed E-state index contributed by atoms with van der Waals surface area (Å²) in [5, 5.41) is 4.36. The number of anilines is 3. The Morgan fingerprint density at radius 3 is 1.75 bits per heavy atom. The van der Waals surface area contributed by atoms with Crippen LogP contribution in [0.15, 0.2) is 179 Å². The quantitative estimate of drug-likeness (QED) is 0.193. The maximum Gasteiger partial charge on any atom is 0.181 e. The molecule has 10 aromatic rings. The second-order valence-corrected chi connectivity index (χ2v) is 12.2. The van der Waals surface area contributed by atoms with E-state index < -0.39 is 0 Å². The third-order valence-corrected chi connectivity index (χ3v) is 9.39. The number of fused-ring (bicyclic) bond motifs is 8. The average Bonchev–Trinajstić information content (AvgIpc) is 3.80. The Kier molecular flexibility index (Phi) is 5.84. The van der Waals surface area contributed by atoms with Crippen LogP contribution in [-0.4, -0.2) is 4.57 Å². The number of aromatic nitrogens is 1. The highest BCUT2D eigenvalue weighted by Crippen LogP contribution is 2.43. The Morgan fingerprint density at radius 2 is 0.938 bits per heavy atom. The molecule has 0 saturated heterocycles. The van der Waals surface area contributed by atoms with E-state index >= 15 is 0 Å². The molecule has 0 atom stereocenters. The topological polar surface area (TPSA) is 34.5 Å². The maximum atomic E-state index is 6.50. The van der Waals surface area contributed by atoms with Crippen molar-refractivity contribution < 1.29 is 8.83 Å². The van der Waals surface area contributed by atoms with Gasteiger partial charge in [-0.15, -0.1) is 0 Å². The molecule has 0 aliphatic rings. The third-order valence-electron chi connectivity index (χ3n) is 9.39. The van der Waals surface area contributed by atoms with Crippen LogP contribution < -0.4 is 4.90 Å². The summed E-state index contributed by atoms with van der Waals surface area (Å²) in [6, 6.07) is 59.7. The zero-order chi connectivity index (χ0) is 31.6. The van der Waals surface area contributed by atoms with Crippen molar-refractivity contribution in [2.24, 2.45) is 0 Å². The highest BCUT2D eigenvalue weighted by Gasteiger charge is 2.20. The second kappa shape index (κ2) is 10.5. The molecule has 0 radical (unpaired) electrons. The van der Waals surface area contributed by atoms with Gasteiger partial charge in [0.05, 0.1) is 21.8 Å². The standard InChI is InChI=1S/C44H28N2O2/c1-3-11-29(12-4-1)30-19-21-32(22-20-30)45(34-23-25-37-42(28-34)48-43-36-16-8-10-18-41(36)47-44(37)43)33-24-26-40-38(27-33)35-15-7-9-17-39(35)46(40)31-13-5-2-6-14-31/h1-28H. The summed E-state index contributed by atoms with van der Waals surface area (Å²) in [6.07, 6.45) is 0. The smallest absolute Gasteiger partial charge is 0.181 e. The van der Waals surface area contributed by atoms with Crippen LogP contribution in [0.4, 0.5) is 17.1 Å². The first-order chi connectivity index (χ1) is 23.8. The molecule has 0 spiro atoms. The van der Waals surface area contributed by atoms with Crippen molar-refractivity contribution >= 4 is 72.0 Å². The number of hydrogen-bond acceptors (Lipinski definition) is 3. The van der Waals surface area contributed by atoms with Crippen molar-refractivity contribution in [3.8, 4) is 16.8 Å². The molecule has 7 aromatic carbocycles. The predicted molar refractivity (Wildman–Crippen MR) is 198 cm³/mol. The van der Waals surface area contributed by atoms with Crippen LogP contribution in [0.2, 0.25) is 0 Å². The van der Waals surface area contributed by atoms with E-state index in [9.17, 15) is 0 Å². The molecule has 0 amide bonds. The molecule has 0 saturated carbocycles. The van der Waals surface area contributed by atoms with Gasteiger partial charge in [-0.2, -0.15) is 0 Å². The second-order valence-electron chi connectivity index (χ2n) is 12.2. The normalized spacial score (nSPS) is 11.8. The van der Waals surface area contributed by atoms with E-state index in [4.69, 9.17) is 8.83 Å². The van der Waals surface area contributed by atoms with Gasteiger partial charge in [0.25, 0.3) is 0 Å². The fourth-order valence-electron chi connectivity index (χ4n) is 7.17. The molecule has 48 heavy (non-hydrogen) atoms. The van der Waals surface area contributed by atoms with Gasteiger partial charge < -0.3 is 18.3 Å². The summed E-state index contributed by atoms with van der Waals surface area (Å²) < 4.78 is 15.1. The molecule has 0 aliphatic carbocycles. The molecule has 0 bridgehead atoms. The number of nitrogens with zero attached hydrogens (tertiary/aromatic N) is 2. The minimum absolute atomic E-state index is 0.784. The minimum Gasteiger partial charge on any atom is -0.452 e. The summed E-state index contributed by atoms with van der Waals surface area (Å²) in [7, 11) is 0. The van der Waals surface area contributed by atoms with Crippen LogP contribution in [-0.2, 0) is 0 Å². The lowest BCUT2D eigenvalue weighted by Crippen LogP contribution is -2.09. The van der Waals surface area contributed by atoms with Gasteiger partial charge in [-0.05, 0) is 83.9 Å². The van der Waals surface area contributed by atoms with Gasteiger partial charge in [-0.25, -0.2) is 0 Å². The lowest BCUT2D eigenvalue weighted by atomic mass is 10.0. The third kappa shape index (κ3) is 4.10. The molecule has 226 valence electrons. The first kappa shape index (κ1) is 26.7. The molecule has 3 heterocycles. The van der Waals surface area contributed by atoms with Gasteiger partial charge in [-0.3, -0.25) is 0 Å². The number of para-hydroxylation sites is 3. The van der Waals surface area contributed by atoms with E-state index in [1.807, 2.05) is 24.3 Å². The summed E-state index contributed by atoms with van der Waals surface area (Å²) in [4.78, 5) is 2.31. The molecule has 0 fully saturated rings. The summed E-state index contributed by atoms with van der Waals surface area (Å²) in [5.41, 5.74) is 12.2. The van der Waals surface area contributed by atoms with E-state index in [-0.39, 0.29) is 0 Å². The largest absolute Gasteiger partial charge is 0.452 e. The molecule has 10 rings (SSSR count). The Balaban J connectivity index is 1.18. The fraction of sp³-hybridized carbons (Fsp3) is 0. The Hall–Kier alpha value is -6.52. The fourth-order valence-corrected chi connectivity index (χ4v) is 7.17. The van der Waals surface area contributed by atoms with Gasteiger partial charge in [0.1, 0.15) is 11.2 Å². The highest BCUT2D eigenvalue weighted by molar-refractivity contribution is 6.13. The molecular weight excluding hydrogens is 588 g/mol. The van der Waals surface area contributed by atoms with E-state index in [0.717, 1.165) is 55.9 Å². The molecule has 0 N–H and O–H groups in total. The highest BCUT2D eigenvalue weighted by atomic mass is 16.4. The molecular formula is C44H28N2O2. The van der Waals surface area contributed by atoms with Crippen LogP contribution in [0.25, 0.3) is 71.7 Å². The average molecular weight is 617 g/mol. The molecule has 0 aliphatic heterocycles. The molecule has 4 heteroatoms. The van der Waals surface area contributed by atoms with Gasteiger partial charge in [-0.1, -0.05) is 91.0 Å². The van der Waals surface area contributed by atoms with Crippen molar-refractivity contribution in [3.63, 3.8) is 0 Å². The SMILES string of the molecule is c1ccc(-c2ccc(N(c3ccc4c(c3)oc3c5ccccc5oc43)c3ccc4c(c3)c3ccccc3n4-c3ccccc3)cc2)cc1. The maximum absolute atomic E-state index is 6.50. The van der Waals surface area contributed by atoms with Crippen molar-refractivity contribution in [2.45, 2.75) is 0 Å². The van der Waals surface area contributed by atoms with Crippen LogP contribution in [0.5, 0.6) is 0 Å².